The third kappa shape index (κ3) is 3.30. The molecule has 0 heterocycles. The van der Waals surface area contributed by atoms with Gasteiger partial charge in [-0.3, -0.25) is 4.79 Å². The molecule has 1 amide bonds. The van der Waals surface area contributed by atoms with Crippen LogP contribution in [0.25, 0.3) is 0 Å². The Morgan fingerprint density at radius 2 is 2.00 bits per heavy atom. The number of amides is 1. The van der Waals surface area contributed by atoms with E-state index >= 15 is 0 Å². The van der Waals surface area contributed by atoms with Crippen molar-refractivity contribution in [1.82, 2.24) is 5.32 Å². The van der Waals surface area contributed by atoms with E-state index in [4.69, 9.17) is 5.73 Å². The van der Waals surface area contributed by atoms with Gasteiger partial charge < -0.3 is 11.1 Å². The predicted octanol–water partition coefficient (Wildman–Crippen LogP) is 1.59. The molecule has 1 aliphatic carbocycles. The number of carbonyl (C=O) groups is 1. The maximum absolute atomic E-state index is 12.2. The maximum atomic E-state index is 12.2. The number of hydrogen-bond acceptors (Lipinski definition) is 4. The van der Waals surface area contributed by atoms with Crippen LogP contribution in [0, 0.1) is 5.92 Å². The number of sulfone groups is 1. The van der Waals surface area contributed by atoms with E-state index in [1.807, 2.05) is 0 Å². The minimum Gasteiger partial charge on any atom is -0.399 e. The smallest absolute Gasteiger partial charge is 0.251 e. The molecule has 3 N–H and O–H groups in total. The Kier molecular flexibility index (Phi) is 4.04. The molecule has 20 heavy (non-hydrogen) atoms. The minimum atomic E-state index is -3.38. The molecule has 1 aromatic carbocycles. The van der Waals surface area contributed by atoms with Gasteiger partial charge in [-0.25, -0.2) is 8.42 Å². The van der Waals surface area contributed by atoms with Gasteiger partial charge in [-0.05, 0) is 37.0 Å². The summed E-state index contributed by atoms with van der Waals surface area (Å²) in [6, 6.07) is 4.40. The third-order valence-corrected chi connectivity index (χ3v) is 4.89. The first-order valence-corrected chi connectivity index (χ1v) is 8.58. The second kappa shape index (κ2) is 5.44. The van der Waals surface area contributed by atoms with Gasteiger partial charge in [-0.15, -0.1) is 0 Å². The molecule has 1 fully saturated rings. The van der Waals surface area contributed by atoms with E-state index in [1.165, 1.54) is 18.2 Å². The van der Waals surface area contributed by atoms with E-state index in [1.54, 1.807) is 0 Å². The van der Waals surface area contributed by atoms with Crippen LogP contribution in [-0.2, 0) is 9.84 Å². The van der Waals surface area contributed by atoms with Gasteiger partial charge in [0.15, 0.2) is 9.84 Å². The van der Waals surface area contributed by atoms with Crippen LogP contribution in [0.5, 0.6) is 0 Å². The van der Waals surface area contributed by atoms with Crippen molar-refractivity contribution >= 4 is 21.4 Å². The quantitative estimate of drug-likeness (QED) is 0.829. The van der Waals surface area contributed by atoms with Gasteiger partial charge in [0, 0.05) is 23.5 Å². The van der Waals surface area contributed by atoms with Crippen molar-refractivity contribution in [2.24, 2.45) is 5.92 Å². The molecule has 110 valence electrons. The Labute approximate surface area is 119 Å². The van der Waals surface area contributed by atoms with E-state index in [-0.39, 0.29) is 22.5 Å². The van der Waals surface area contributed by atoms with Crippen LogP contribution in [0.4, 0.5) is 5.69 Å². The molecule has 1 saturated carbocycles. The molecule has 2 atom stereocenters. The molecule has 2 rings (SSSR count). The van der Waals surface area contributed by atoms with E-state index in [9.17, 15) is 13.2 Å². The van der Waals surface area contributed by atoms with Crippen LogP contribution in [-0.4, -0.2) is 26.6 Å². The summed E-state index contributed by atoms with van der Waals surface area (Å²) in [7, 11) is -3.38. The number of carbonyl (C=O) groups excluding carboxylic acids is 1. The Balaban J connectivity index is 2.24. The summed E-state index contributed by atoms with van der Waals surface area (Å²) in [6.45, 7) is 2.11. The van der Waals surface area contributed by atoms with Gasteiger partial charge in [-0.2, -0.15) is 0 Å². The van der Waals surface area contributed by atoms with Crippen molar-refractivity contribution in [2.45, 2.75) is 37.1 Å². The number of hydrogen-bond donors (Lipinski definition) is 2. The molecular weight excluding hydrogens is 276 g/mol. The van der Waals surface area contributed by atoms with E-state index in [0.717, 1.165) is 25.5 Å². The first-order chi connectivity index (χ1) is 9.27. The third-order valence-electron chi connectivity index (χ3n) is 3.80. The fourth-order valence-corrected chi connectivity index (χ4v) is 3.27. The van der Waals surface area contributed by atoms with Crippen molar-refractivity contribution < 1.29 is 13.2 Å². The van der Waals surface area contributed by atoms with Crippen LogP contribution >= 0.6 is 0 Å². The van der Waals surface area contributed by atoms with Crippen LogP contribution < -0.4 is 11.1 Å². The van der Waals surface area contributed by atoms with Crippen molar-refractivity contribution in [2.75, 3.05) is 12.0 Å². The molecular formula is C14H20N2O3S. The first-order valence-electron chi connectivity index (χ1n) is 6.69. The van der Waals surface area contributed by atoms with Gasteiger partial charge in [-0.1, -0.05) is 13.3 Å². The Morgan fingerprint density at radius 1 is 1.30 bits per heavy atom. The highest BCUT2D eigenvalue weighted by molar-refractivity contribution is 7.90. The van der Waals surface area contributed by atoms with Crippen LogP contribution in [0.1, 0.15) is 36.5 Å². The molecule has 1 aromatic rings. The topological polar surface area (TPSA) is 89.3 Å². The molecule has 0 saturated heterocycles. The zero-order valence-corrected chi connectivity index (χ0v) is 12.5. The van der Waals surface area contributed by atoms with Crippen molar-refractivity contribution in [3.8, 4) is 0 Å². The number of nitrogens with two attached hydrogens (primary N) is 1. The highest BCUT2D eigenvalue weighted by atomic mass is 32.2. The zero-order chi connectivity index (χ0) is 14.9. The Bertz CT molecular complexity index is 625. The first kappa shape index (κ1) is 14.8. The number of nitrogen functional groups attached to an aromatic ring is 1. The van der Waals surface area contributed by atoms with E-state index in [0.29, 0.717) is 11.5 Å². The maximum Gasteiger partial charge on any atom is 0.251 e. The standard InChI is InChI=1S/C14H20N2O3S/c1-9-4-3-5-13(9)16-14(17)10-6-11(15)8-12(7-10)20(2,18)19/h6-9,13H,3-5,15H2,1-2H3,(H,16,17). The number of anilines is 1. The number of rotatable bonds is 3. The van der Waals surface area contributed by atoms with Crippen LogP contribution in [0.2, 0.25) is 0 Å². The summed E-state index contributed by atoms with van der Waals surface area (Å²) in [5.74, 6) is 0.190. The second-order valence-corrected chi connectivity index (χ2v) is 7.57. The Hall–Kier alpha value is -1.56. The second-order valence-electron chi connectivity index (χ2n) is 5.55. The molecule has 6 heteroatoms. The highest BCUT2D eigenvalue weighted by Gasteiger charge is 2.25. The largest absolute Gasteiger partial charge is 0.399 e. The molecule has 0 bridgehead atoms. The molecule has 0 aliphatic heterocycles. The van der Waals surface area contributed by atoms with E-state index in [2.05, 4.69) is 12.2 Å². The minimum absolute atomic E-state index is 0.0714. The lowest BCUT2D eigenvalue weighted by atomic mass is 10.1. The summed E-state index contributed by atoms with van der Waals surface area (Å²) < 4.78 is 23.1. The summed E-state index contributed by atoms with van der Waals surface area (Å²) in [4.78, 5) is 12.3. The normalized spacial score (nSPS) is 22.7. The van der Waals surface area contributed by atoms with Crippen LogP contribution in [0.3, 0.4) is 0 Å². The zero-order valence-electron chi connectivity index (χ0n) is 11.7. The average molecular weight is 296 g/mol. The molecule has 1 aliphatic rings. The fourth-order valence-electron chi connectivity index (χ4n) is 2.58. The predicted molar refractivity (Wildman–Crippen MR) is 78.2 cm³/mol. The average Bonchev–Trinajstić information content (AvgIpc) is 2.73. The summed E-state index contributed by atoms with van der Waals surface area (Å²) >= 11 is 0. The van der Waals surface area contributed by atoms with Gasteiger partial charge in [0.05, 0.1) is 4.90 Å². The number of nitrogens with one attached hydrogen (secondary N) is 1. The highest BCUT2D eigenvalue weighted by Crippen LogP contribution is 2.25. The van der Waals surface area contributed by atoms with Crippen molar-refractivity contribution in [1.29, 1.82) is 0 Å². The van der Waals surface area contributed by atoms with Crippen LogP contribution in [0.15, 0.2) is 23.1 Å². The van der Waals surface area contributed by atoms with Gasteiger partial charge >= 0.3 is 0 Å². The summed E-state index contributed by atoms with van der Waals surface area (Å²) in [5.41, 5.74) is 6.26. The summed E-state index contributed by atoms with van der Waals surface area (Å²) in [6.07, 6.45) is 4.28. The van der Waals surface area contributed by atoms with E-state index < -0.39 is 9.84 Å². The molecule has 0 spiro atoms. The van der Waals surface area contributed by atoms with Gasteiger partial charge in [0.1, 0.15) is 0 Å². The number of benzene rings is 1. The lowest BCUT2D eigenvalue weighted by Crippen LogP contribution is -2.36. The summed E-state index contributed by atoms with van der Waals surface area (Å²) in [5, 5.41) is 2.96. The fraction of sp³-hybridized carbons (Fsp3) is 0.500. The van der Waals surface area contributed by atoms with Gasteiger partial charge in [0.25, 0.3) is 5.91 Å². The van der Waals surface area contributed by atoms with Gasteiger partial charge in [0.2, 0.25) is 0 Å². The Morgan fingerprint density at radius 3 is 2.55 bits per heavy atom. The molecule has 0 aromatic heterocycles. The lowest BCUT2D eigenvalue weighted by molar-refractivity contribution is 0.0929. The monoisotopic (exact) mass is 296 g/mol. The lowest BCUT2D eigenvalue weighted by Gasteiger charge is -2.17. The van der Waals surface area contributed by atoms with Crippen molar-refractivity contribution in [3.63, 3.8) is 0 Å². The SMILES string of the molecule is CC1CCCC1NC(=O)c1cc(N)cc(S(C)(=O)=O)c1. The molecule has 2 unspecified atom stereocenters. The molecule has 0 radical (unpaired) electrons. The molecule has 5 nitrogen and oxygen atoms in total. The van der Waals surface area contributed by atoms with Crippen molar-refractivity contribution in [3.05, 3.63) is 23.8 Å².